The molecule has 3 N–H and O–H groups in total. The van der Waals surface area contributed by atoms with Gasteiger partial charge in [-0.25, -0.2) is 9.86 Å². The average molecular weight is 230 g/mol. The van der Waals surface area contributed by atoms with Crippen LogP contribution >= 0.6 is 11.3 Å². The van der Waals surface area contributed by atoms with Crippen LogP contribution in [0.2, 0.25) is 0 Å². The first kappa shape index (κ1) is 12.0. The van der Waals surface area contributed by atoms with Crippen LogP contribution in [-0.2, 0) is 11.3 Å². The molecule has 84 valence electrons. The van der Waals surface area contributed by atoms with Gasteiger partial charge in [0.1, 0.15) is 0 Å². The Morgan fingerprint density at radius 3 is 3.07 bits per heavy atom. The number of hydrogen-bond donors (Lipinski definition) is 2. The number of ether oxygens (including phenoxy) is 1. The Morgan fingerprint density at radius 2 is 2.53 bits per heavy atom. The molecule has 1 heterocycles. The van der Waals surface area contributed by atoms with Crippen LogP contribution in [0.3, 0.4) is 0 Å². The Balaban J connectivity index is 2.24. The van der Waals surface area contributed by atoms with E-state index in [9.17, 15) is 4.79 Å². The topological polar surface area (TPSA) is 75.8 Å². The van der Waals surface area contributed by atoms with Gasteiger partial charge in [0, 0.05) is 4.88 Å². The molecule has 0 aliphatic carbocycles. The highest BCUT2D eigenvalue weighted by Crippen LogP contribution is 2.10. The number of nitrogens with two attached hydrogens (primary N) is 1. The van der Waals surface area contributed by atoms with Crippen LogP contribution in [0.1, 0.15) is 11.8 Å². The minimum absolute atomic E-state index is 0.0701. The molecule has 1 aromatic rings. The fraction of sp³-hybridized carbons (Fsp3) is 0.444. The van der Waals surface area contributed by atoms with Gasteiger partial charge >= 0.3 is 6.03 Å². The van der Waals surface area contributed by atoms with E-state index in [4.69, 9.17) is 15.7 Å². The van der Waals surface area contributed by atoms with Crippen molar-refractivity contribution in [3.05, 3.63) is 22.4 Å². The van der Waals surface area contributed by atoms with Crippen molar-refractivity contribution < 1.29 is 14.7 Å². The van der Waals surface area contributed by atoms with Crippen LogP contribution in [0, 0.1) is 0 Å². The van der Waals surface area contributed by atoms with E-state index in [1.165, 1.54) is 0 Å². The number of primary amides is 1. The summed E-state index contributed by atoms with van der Waals surface area (Å²) in [7, 11) is 0. The van der Waals surface area contributed by atoms with Gasteiger partial charge in [0.2, 0.25) is 0 Å². The third kappa shape index (κ3) is 4.28. The molecule has 1 unspecified atom stereocenters. The number of hydrogen-bond acceptors (Lipinski definition) is 4. The zero-order chi connectivity index (χ0) is 11.3. The standard InChI is InChI=1S/C9H14N2O3S/c1-7(5-11(13)9(10)12)14-6-8-3-2-4-15-8/h2-4,7,13H,5-6H2,1H3,(H2,10,12). The van der Waals surface area contributed by atoms with Crippen molar-refractivity contribution in [3.8, 4) is 0 Å². The highest BCUT2D eigenvalue weighted by atomic mass is 32.1. The Kier molecular flexibility index (Phi) is 4.54. The molecule has 0 radical (unpaired) electrons. The fourth-order valence-corrected chi connectivity index (χ4v) is 1.63. The van der Waals surface area contributed by atoms with Crippen LogP contribution < -0.4 is 5.73 Å². The van der Waals surface area contributed by atoms with Gasteiger partial charge < -0.3 is 10.5 Å². The van der Waals surface area contributed by atoms with E-state index in [2.05, 4.69) is 0 Å². The molecule has 0 spiro atoms. The van der Waals surface area contributed by atoms with Crippen molar-refractivity contribution in [2.45, 2.75) is 19.6 Å². The van der Waals surface area contributed by atoms with Crippen LogP contribution in [0.25, 0.3) is 0 Å². The number of carbonyl (C=O) groups excluding carboxylic acids is 1. The summed E-state index contributed by atoms with van der Waals surface area (Å²) in [6.45, 7) is 2.31. The zero-order valence-corrected chi connectivity index (χ0v) is 9.24. The van der Waals surface area contributed by atoms with Gasteiger partial charge in [-0.2, -0.15) is 0 Å². The maximum Gasteiger partial charge on any atom is 0.338 e. The lowest BCUT2D eigenvalue weighted by atomic mass is 10.4. The van der Waals surface area contributed by atoms with E-state index < -0.39 is 6.03 Å². The van der Waals surface area contributed by atoms with Gasteiger partial charge in [-0.15, -0.1) is 11.3 Å². The molecule has 0 saturated heterocycles. The number of thiophene rings is 1. The van der Waals surface area contributed by atoms with Crippen molar-refractivity contribution in [1.82, 2.24) is 5.06 Å². The summed E-state index contributed by atoms with van der Waals surface area (Å²) in [5, 5.41) is 11.4. The minimum Gasteiger partial charge on any atom is -0.371 e. The maximum absolute atomic E-state index is 10.5. The second-order valence-corrected chi connectivity index (χ2v) is 4.15. The smallest absolute Gasteiger partial charge is 0.338 e. The first-order chi connectivity index (χ1) is 7.09. The van der Waals surface area contributed by atoms with E-state index in [-0.39, 0.29) is 12.6 Å². The van der Waals surface area contributed by atoms with Gasteiger partial charge in [-0.3, -0.25) is 5.21 Å². The fourth-order valence-electron chi connectivity index (χ4n) is 1.01. The molecule has 6 heteroatoms. The number of nitrogens with zero attached hydrogens (tertiary/aromatic N) is 1. The van der Waals surface area contributed by atoms with Gasteiger partial charge in [-0.05, 0) is 18.4 Å². The molecule has 1 aromatic heterocycles. The van der Waals surface area contributed by atoms with Crippen molar-refractivity contribution in [1.29, 1.82) is 0 Å². The Labute approximate surface area is 92.0 Å². The lowest BCUT2D eigenvalue weighted by Crippen LogP contribution is -2.38. The molecule has 0 bridgehead atoms. The van der Waals surface area contributed by atoms with E-state index in [0.29, 0.717) is 11.7 Å². The van der Waals surface area contributed by atoms with Crippen molar-refractivity contribution in [3.63, 3.8) is 0 Å². The Morgan fingerprint density at radius 1 is 1.80 bits per heavy atom. The van der Waals surface area contributed by atoms with E-state index in [1.807, 2.05) is 17.5 Å². The number of amides is 2. The number of rotatable bonds is 5. The summed E-state index contributed by atoms with van der Waals surface area (Å²) in [5.41, 5.74) is 4.86. The average Bonchev–Trinajstić information content (AvgIpc) is 2.66. The van der Waals surface area contributed by atoms with Gasteiger partial charge in [-0.1, -0.05) is 6.07 Å². The Bertz CT molecular complexity index is 302. The van der Waals surface area contributed by atoms with E-state index in [1.54, 1.807) is 18.3 Å². The molecular weight excluding hydrogens is 216 g/mol. The van der Waals surface area contributed by atoms with Crippen molar-refractivity contribution in [2.75, 3.05) is 6.54 Å². The Hall–Kier alpha value is -1.11. The number of urea groups is 1. The molecule has 1 rings (SSSR count). The lowest BCUT2D eigenvalue weighted by Gasteiger charge is -2.17. The largest absolute Gasteiger partial charge is 0.371 e. The van der Waals surface area contributed by atoms with Crippen LogP contribution in [0.4, 0.5) is 4.79 Å². The van der Waals surface area contributed by atoms with Crippen LogP contribution in [0.5, 0.6) is 0 Å². The van der Waals surface area contributed by atoms with E-state index in [0.717, 1.165) is 4.88 Å². The number of hydroxylamine groups is 2. The predicted molar refractivity (Wildman–Crippen MR) is 56.6 cm³/mol. The zero-order valence-electron chi connectivity index (χ0n) is 8.42. The summed E-state index contributed by atoms with van der Waals surface area (Å²) in [6, 6.07) is 3.03. The second-order valence-electron chi connectivity index (χ2n) is 3.12. The summed E-state index contributed by atoms with van der Waals surface area (Å²) in [5.74, 6) is 0. The molecule has 0 fully saturated rings. The van der Waals surface area contributed by atoms with Crippen LogP contribution in [-0.4, -0.2) is 29.0 Å². The highest BCUT2D eigenvalue weighted by molar-refractivity contribution is 7.09. The van der Waals surface area contributed by atoms with Gasteiger partial charge in [0.05, 0.1) is 19.3 Å². The number of carbonyl (C=O) groups is 1. The lowest BCUT2D eigenvalue weighted by molar-refractivity contribution is -0.0792. The molecule has 15 heavy (non-hydrogen) atoms. The summed E-state index contributed by atoms with van der Waals surface area (Å²) in [6.07, 6.45) is -0.260. The van der Waals surface area contributed by atoms with Gasteiger partial charge in [0.15, 0.2) is 0 Å². The summed E-state index contributed by atoms with van der Waals surface area (Å²) < 4.78 is 5.41. The first-order valence-corrected chi connectivity index (χ1v) is 5.37. The third-order valence-corrected chi connectivity index (χ3v) is 2.62. The monoisotopic (exact) mass is 230 g/mol. The van der Waals surface area contributed by atoms with Crippen molar-refractivity contribution >= 4 is 17.4 Å². The maximum atomic E-state index is 10.5. The normalized spacial score (nSPS) is 12.4. The summed E-state index contributed by atoms with van der Waals surface area (Å²) in [4.78, 5) is 11.6. The van der Waals surface area contributed by atoms with E-state index >= 15 is 0 Å². The highest BCUT2D eigenvalue weighted by Gasteiger charge is 2.11. The molecule has 5 nitrogen and oxygen atoms in total. The van der Waals surface area contributed by atoms with Crippen molar-refractivity contribution in [2.24, 2.45) is 5.73 Å². The first-order valence-electron chi connectivity index (χ1n) is 4.49. The molecule has 2 amide bonds. The molecule has 0 aliphatic rings. The minimum atomic E-state index is -0.874. The quantitative estimate of drug-likeness (QED) is 0.593. The molecular formula is C9H14N2O3S. The second kappa shape index (κ2) is 5.69. The summed E-state index contributed by atoms with van der Waals surface area (Å²) >= 11 is 1.60. The van der Waals surface area contributed by atoms with Gasteiger partial charge in [0.25, 0.3) is 0 Å². The van der Waals surface area contributed by atoms with Crippen LogP contribution in [0.15, 0.2) is 17.5 Å². The third-order valence-electron chi connectivity index (χ3n) is 1.77. The molecule has 0 saturated carbocycles. The SMILES string of the molecule is CC(CN(O)C(N)=O)OCc1cccs1. The molecule has 1 atom stereocenters. The predicted octanol–water partition coefficient (Wildman–Crippen LogP) is 1.42. The molecule has 0 aromatic carbocycles. The molecule has 0 aliphatic heterocycles.